The molecule has 2 nitrogen and oxygen atoms in total. The summed E-state index contributed by atoms with van der Waals surface area (Å²) in [5, 5.41) is 10.4. The highest BCUT2D eigenvalue weighted by Gasteiger charge is 2.18. The van der Waals surface area contributed by atoms with Gasteiger partial charge in [-0.1, -0.05) is 29.3 Å². The zero-order valence-corrected chi connectivity index (χ0v) is 13.1. The summed E-state index contributed by atoms with van der Waals surface area (Å²) < 4.78 is 0.918. The zero-order chi connectivity index (χ0) is 13.8. The van der Waals surface area contributed by atoms with Crippen molar-refractivity contribution in [2.45, 2.75) is 12.3 Å². The number of benzene rings is 1. The molecule has 1 heterocycles. The van der Waals surface area contributed by atoms with E-state index >= 15 is 0 Å². The second-order valence-corrected chi connectivity index (χ2v) is 5.89. The Hall–Kier alpha value is -0.610. The van der Waals surface area contributed by atoms with Crippen molar-refractivity contribution < 1.29 is 5.11 Å². The molecule has 0 fully saturated rings. The fourth-order valence-corrected chi connectivity index (χ4v) is 2.74. The van der Waals surface area contributed by atoms with E-state index in [1.165, 1.54) is 0 Å². The first-order valence-electron chi connectivity index (χ1n) is 5.79. The fourth-order valence-electron chi connectivity index (χ4n) is 1.97. The first kappa shape index (κ1) is 14.8. The highest BCUT2D eigenvalue weighted by Crippen LogP contribution is 2.33. The molecule has 0 aliphatic carbocycles. The van der Waals surface area contributed by atoms with Crippen LogP contribution in [0, 0.1) is 0 Å². The van der Waals surface area contributed by atoms with Gasteiger partial charge in [0.2, 0.25) is 0 Å². The molecule has 0 aliphatic heterocycles. The van der Waals surface area contributed by atoms with E-state index in [0.29, 0.717) is 16.5 Å². The lowest BCUT2D eigenvalue weighted by molar-refractivity contribution is 0.281. The maximum absolute atomic E-state index is 9.25. The molecular formula is C14H12BrCl2NO. The van der Waals surface area contributed by atoms with Crippen LogP contribution in [0.3, 0.4) is 0 Å². The molecule has 0 amide bonds. The SMILES string of the molecule is OCCC(c1ccc(Br)cn1)c1ccc(Cl)cc1Cl. The number of hydrogen-bond donors (Lipinski definition) is 1. The van der Waals surface area contributed by atoms with Crippen molar-refractivity contribution in [2.75, 3.05) is 6.61 Å². The van der Waals surface area contributed by atoms with Gasteiger partial charge >= 0.3 is 0 Å². The van der Waals surface area contributed by atoms with E-state index in [4.69, 9.17) is 23.2 Å². The van der Waals surface area contributed by atoms with Gasteiger partial charge in [0, 0.05) is 38.9 Å². The van der Waals surface area contributed by atoms with Gasteiger partial charge in [-0.15, -0.1) is 0 Å². The van der Waals surface area contributed by atoms with Crippen LogP contribution in [-0.4, -0.2) is 16.7 Å². The summed E-state index contributed by atoms with van der Waals surface area (Å²) in [6, 6.07) is 9.24. The van der Waals surface area contributed by atoms with Crippen LogP contribution in [0.25, 0.3) is 0 Å². The molecular weight excluding hydrogens is 349 g/mol. The predicted octanol–water partition coefficient (Wildman–Crippen LogP) is 4.67. The summed E-state index contributed by atoms with van der Waals surface area (Å²) in [5.74, 6) is -0.0390. The minimum atomic E-state index is -0.0390. The van der Waals surface area contributed by atoms with E-state index in [0.717, 1.165) is 15.7 Å². The maximum atomic E-state index is 9.25. The number of aliphatic hydroxyl groups excluding tert-OH is 1. The largest absolute Gasteiger partial charge is 0.396 e. The van der Waals surface area contributed by atoms with E-state index in [2.05, 4.69) is 20.9 Å². The minimum absolute atomic E-state index is 0.0390. The molecule has 1 atom stereocenters. The molecule has 1 aromatic carbocycles. The minimum Gasteiger partial charge on any atom is -0.396 e. The van der Waals surface area contributed by atoms with Gasteiger partial charge in [-0.25, -0.2) is 0 Å². The predicted molar refractivity (Wildman–Crippen MR) is 81.9 cm³/mol. The lowest BCUT2D eigenvalue weighted by atomic mass is 9.92. The number of nitrogens with zero attached hydrogens (tertiary/aromatic N) is 1. The Kier molecular flexibility index (Phi) is 5.22. The monoisotopic (exact) mass is 359 g/mol. The van der Waals surface area contributed by atoms with Crippen LogP contribution >= 0.6 is 39.1 Å². The van der Waals surface area contributed by atoms with Crippen molar-refractivity contribution in [2.24, 2.45) is 0 Å². The average Bonchev–Trinajstić information content (AvgIpc) is 2.38. The lowest BCUT2D eigenvalue weighted by Crippen LogP contribution is -2.06. The topological polar surface area (TPSA) is 33.1 Å². The molecule has 2 aromatic rings. The Morgan fingerprint density at radius 1 is 1.21 bits per heavy atom. The number of rotatable bonds is 4. The van der Waals surface area contributed by atoms with Crippen LogP contribution in [0.5, 0.6) is 0 Å². The van der Waals surface area contributed by atoms with Gasteiger partial charge in [0.25, 0.3) is 0 Å². The summed E-state index contributed by atoms with van der Waals surface area (Å²) in [5.41, 5.74) is 1.80. The van der Waals surface area contributed by atoms with Gasteiger partial charge in [0.1, 0.15) is 0 Å². The highest BCUT2D eigenvalue weighted by molar-refractivity contribution is 9.10. The Morgan fingerprint density at radius 3 is 2.58 bits per heavy atom. The molecule has 0 radical (unpaired) electrons. The van der Waals surface area contributed by atoms with Crippen molar-refractivity contribution in [3.63, 3.8) is 0 Å². The molecule has 1 unspecified atom stereocenters. The molecule has 5 heteroatoms. The Bertz CT molecular complexity index is 560. The number of pyridine rings is 1. The smallest absolute Gasteiger partial charge is 0.0480 e. The summed E-state index contributed by atoms with van der Waals surface area (Å²) >= 11 is 15.5. The van der Waals surface area contributed by atoms with Crippen molar-refractivity contribution in [3.05, 3.63) is 62.3 Å². The van der Waals surface area contributed by atoms with Crippen molar-refractivity contribution >= 4 is 39.1 Å². The molecule has 100 valence electrons. The summed E-state index contributed by atoms with van der Waals surface area (Å²) in [4.78, 5) is 4.39. The van der Waals surface area contributed by atoms with Crippen molar-refractivity contribution in [1.29, 1.82) is 0 Å². The molecule has 0 aliphatic rings. The average molecular weight is 361 g/mol. The summed E-state index contributed by atoms with van der Waals surface area (Å²) in [6.45, 7) is 0.0708. The van der Waals surface area contributed by atoms with Gasteiger partial charge in [-0.05, 0) is 52.2 Å². The molecule has 0 spiro atoms. The van der Waals surface area contributed by atoms with Gasteiger partial charge in [-0.3, -0.25) is 4.98 Å². The normalized spacial score (nSPS) is 12.4. The van der Waals surface area contributed by atoms with E-state index in [9.17, 15) is 5.11 Å². The van der Waals surface area contributed by atoms with Crippen LogP contribution in [0.4, 0.5) is 0 Å². The van der Waals surface area contributed by atoms with Gasteiger partial charge in [-0.2, -0.15) is 0 Å². The number of aliphatic hydroxyl groups is 1. The third kappa shape index (κ3) is 3.69. The second kappa shape index (κ2) is 6.71. The van der Waals surface area contributed by atoms with Crippen LogP contribution in [0.1, 0.15) is 23.6 Å². The molecule has 19 heavy (non-hydrogen) atoms. The van der Waals surface area contributed by atoms with Crippen molar-refractivity contribution in [1.82, 2.24) is 4.98 Å². The van der Waals surface area contributed by atoms with E-state index in [-0.39, 0.29) is 12.5 Å². The highest BCUT2D eigenvalue weighted by atomic mass is 79.9. The summed E-state index contributed by atoms with van der Waals surface area (Å²) in [6.07, 6.45) is 2.31. The third-order valence-electron chi connectivity index (χ3n) is 2.86. The van der Waals surface area contributed by atoms with E-state index < -0.39 is 0 Å². The Balaban J connectivity index is 2.41. The molecule has 1 N–H and O–H groups in total. The third-order valence-corrected chi connectivity index (χ3v) is 3.89. The number of aromatic nitrogens is 1. The molecule has 1 aromatic heterocycles. The van der Waals surface area contributed by atoms with Crippen LogP contribution in [-0.2, 0) is 0 Å². The van der Waals surface area contributed by atoms with E-state index in [1.54, 1.807) is 18.3 Å². The van der Waals surface area contributed by atoms with Gasteiger partial charge in [0.05, 0.1) is 0 Å². The first-order chi connectivity index (χ1) is 9.11. The Labute approximate surface area is 130 Å². The summed E-state index contributed by atoms with van der Waals surface area (Å²) in [7, 11) is 0. The number of hydrogen-bond acceptors (Lipinski definition) is 2. The van der Waals surface area contributed by atoms with Crippen molar-refractivity contribution in [3.8, 4) is 0 Å². The lowest BCUT2D eigenvalue weighted by Gasteiger charge is -2.17. The van der Waals surface area contributed by atoms with Gasteiger partial charge < -0.3 is 5.11 Å². The second-order valence-electron chi connectivity index (χ2n) is 4.13. The zero-order valence-electron chi connectivity index (χ0n) is 9.98. The molecule has 0 saturated carbocycles. The standard InChI is InChI=1S/C14H12BrCl2NO/c15-9-1-4-14(18-8-9)12(5-6-19)11-3-2-10(16)7-13(11)17/h1-4,7-8,12,19H,5-6H2. The molecule has 0 saturated heterocycles. The van der Waals surface area contributed by atoms with Crippen LogP contribution in [0.15, 0.2) is 41.0 Å². The molecule has 0 bridgehead atoms. The molecule has 2 rings (SSSR count). The van der Waals surface area contributed by atoms with Gasteiger partial charge in [0.15, 0.2) is 0 Å². The first-order valence-corrected chi connectivity index (χ1v) is 7.34. The number of halogens is 3. The quantitative estimate of drug-likeness (QED) is 0.859. The van der Waals surface area contributed by atoms with E-state index in [1.807, 2.05) is 18.2 Å². The van der Waals surface area contributed by atoms with Crippen LogP contribution < -0.4 is 0 Å². The maximum Gasteiger partial charge on any atom is 0.0480 e. The Morgan fingerprint density at radius 2 is 2.00 bits per heavy atom. The fraction of sp³-hybridized carbons (Fsp3) is 0.214. The van der Waals surface area contributed by atoms with Crippen LogP contribution in [0.2, 0.25) is 10.0 Å².